The zero-order valence-electron chi connectivity index (χ0n) is 22.7. The Morgan fingerprint density at radius 2 is 2.00 bits per heavy atom. The molecular formula is C29H41FN2O6. The number of pyridine rings is 1. The summed E-state index contributed by atoms with van der Waals surface area (Å²) in [5, 5.41) is 24.9. The Morgan fingerprint density at radius 1 is 1.26 bits per heavy atom. The molecular weight excluding hydrogens is 491 g/mol. The van der Waals surface area contributed by atoms with Crippen molar-refractivity contribution in [1.29, 1.82) is 0 Å². The summed E-state index contributed by atoms with van der Waals surface area (Å²) in [5.41, 5.74) is -1.32. The minimum absolute atomic E-state index is 0.0817. The summed E-state index contributed by atoms with van der Waals surface area (Å²) in [5.74, 6) is -2.29. The van der Waals surface area contributed by atoms with E-state index in [-0.39, 0.29) is 36.8 Å². The van der Waals surface area contributed by atoms with E-state index in [1.807, 2.05) is 13.8 Å². The summed E-state index contributed by atoms with van der Waals surface area (Å²) in [4.78, 5) is 30.8. The van der Waals surface area contributed by atoms with E-state index in [4.69, 9.17) is 9.47 Å². The van der Waals surface area contributed by atoms with Gasteiger partial charge < -0.3 is 25.0 Å². The molecule has 0 aromatic carbocycles. The number of halogens is 1. The third-order valence-corrected chi connectivity index (χ3v) is 8.56. The first-order valence-corrected chi connectivity index (χ1v) is 13.7. The molecule has 8 unspecified atom stereocenters. The van der Waals surface area contributed by atoms with E-state index < -0.39 is 46.9 Å². The minimum Gasteiger partial charge on any atom is -0.392 e. The number of aliphatic hydroxyl groups is 2. The first-order chi connectivity index (χ1) is 17.9. The molecule has 3 aliphatic rings. The van der Waals surface area contributed by atoms with Gasteiger partial charge in [-0.3, -0.25) is 14.6 Å². The maximum Gasteiger partial charge on any atom is 0.223 e. The summed E-state index contributed by atoms with van der Waals surface area (Å²) in [7, 11) is 0. The Morgan fingerprint density at radius 3 is 2.66 bits per heavy atom. The summed E-state index contributed by atoms with van der Waals surface area (Å²) in [6.45, 7) is 7.64. The number of carbonyl (C=O) groups excluding carboxylic acids is 2. The SMILES string of the molecule is CC1CCCC2(C)OC2CC(C(F)=Cc2ccccn2)NC(=O)CC(O)C(C)(C)C(=O)C(CC2CO2)C1O. The van der Waals surface area contributed by atoms with Crippen LogP contribution in [0, 0.1) is 17.3 Å². The molecule has 210 valence electrons. The van der Waals surface area contributed by atoms with Crippen LogP contribution in [0.5, 0.6) is 0 Å². The lowest BCUT2D eigenvalue weighted by molar-refractivity contribution is -0.144. The molecule has 9 heteroatoms. The Bertz CT molecular complexity index is 1030. The molecule has 3 aliphatic heterocycles. The third-order valence-electron chi connectivity index (χ3n) is 8.56. The highest BCUT2D eigenvalue weighted by Gasteiger charge is 2.53. The van der Waals surface area contributed by atoms with Crippen LogP contribution in [0.3, 0.4) is 0 Å². The molecule has 3 saturated heterocycles. The smallest absolute Gasteiger partial charge is 0.223 e. The van der Waals surface area contributed by atoms with Crippen LogP contribution >= 0.6 is 0 Å². The lowest BCUT2D eigenvalue weighted by atomic mass is 9.71. The number of hydrogen-bond acceptors (Lipinski definition) is 7. The molecule has 0 aliphatic carbocycles. The molecule has 0 spiro atoms. The largest absolute Gasteiger partial charge is 0.392 e. The first-order valence-electron chi connectivity index (χ1n) is 13.7. The monoisotopic (exact) mass is 532 g/mol. The number of carbonyl (C=O) groups is 2. The molecule has 3 fully saturated rings. The molecule has 38 heavy (non-hydrogen) atoms. The maximum atomic E-state index is 15.4. The Hall–Kier alpha value is -2.20. The lowest BCUT2D eigenvalue weighted by Crippen LogP contribution is -2.48. The highest BCUT2D eigenvalue weighted by Crippen LogP contribution is 2.45. The van der Waals surface area contributed by atoms with E-state index in [9.17, 15) is 19.8 Å². The summed E-state index contributed by atoms with van der Waals surface area (Å²) < 4.78 is 26.8. The number of rotatable bonds is 4. The van der Waals surface area contributed by atoms with Gasteiger partial charge in [0, 0.05) is 18.5 Å². The Kier molecular flexibility index (Phi) is 8.71. The van der Waals surface area contributed by atoms with E-state index >= 15 is 4.39 Å². The third kappa shape index (κ3) is 6.86. The molecule has 4 heterocycles. The van der Waals surface area contributed by atoms with Crippen LogP contribution in [-0.2, 0) is 19.1 Å². The molecule has 0 radical (unpaired) electrons. The maximum absolute atomic E-state index is 15.4. The van der Waals surface area contributed by atoms with Gasteiger partial charge in [0.15, 0.2) is 0 Å². The summed E-state index contributed by atoms with van der Waals surface area (Å²) in [6, 6.07) is 4.20. The van der Waals surface area contributed by atoms with Gasteiger partial charge in [-0.05, 0) is 50.3 Å². The Balaban J connectivity index is 1.58. The predicted molar refractivity (Wildman–Crippen MR) is 139 cm³/mol. The molecule has 1 aromatic heterocycles. The van der Waals surface area contributed by atoms with Crippen LogP contribution in [0.2, 0.25) is 0 Å². The van der Waals surface area contributed by atoms with Crippen molar-refractivity contribution in [3.63, 3.8) is 0 Å². The van der Waals surface area contributed by atoms with Crippen molar-refractivity contribution >= 4 is 17.8 Å². The number of epoxide rings is 2. The number of aromatic nitrogens is 1. The molecule has 1 aromatic rings. The molecule has 0 saturated carbocycles. The molecule has 0 bridgehead atoms. The van der Waals surface area contributed by atoms with Crippen molar-refractivity contribution in [2.24, 2.45) is 17.3 Å². The predicted octanol–water partition coefficient (Wildman–Crippen LogP) is 3.36. The number of fused-ring (bicyclic) bond motifs is 1. The average molecular weight is 533 g/mol. The fourth-order valence-corrected chi connectivity index (χ4v) is 5.52. The van der Waals surface area contributed by atoms with Gasteiger partial charge in [0.2, 0.25) is 5.91 Å². The van der Waals surface area contributed by atoms with Crippen LogP contribution < -0.4 is 5.32 Å². The second kappa shape index (κ2) is 11.5. The van der Waals surface area contributed by atoms with E-state index in [1.165, 1.54) is 6.08 Å². The number of nitrogens with one attached hydrogen (secondary N) is 1. The summed E-state index contributed by atoms with van der Waals surface area (Å²) >= 11 is 0. The van der Waals surface area contributed by atoms with E-state index in [0.29, 0.717) is 25.1 Å². The zero-order chi connectivity index (χ0) is 27.7. The minimum atomic E-state index is -1.32. The van der Waals surface area contributed by atoms with Gasteiger partial charge >= 0.3 is 0 Å². The second-order valence-corrected chi connectivity index (χ2v) is 12.0. The number of ether oxygens (including phenoxy) is 2. The molecule has 3 N–H and O–H groups in total. The number of Topliss-reactive ketones (excluding diaryl/α,β-unsaturated/α-hetero) is 1. The zero-order valence-corrected chi connectivity index (χ0v) is 22.7. The number of amides is 1. The number of aliphatic hydroxyl groups excluding tert-OH is 2. The molecule has 4 rings (SSSR count). The van der Waals surface area contributed by atoms with E-state index in [0.717, 1.165) is 12.8 Å². The van der Waals surface area contributed by atoms with Crippen LogP contribution in [0.1, 0.15) is 71.9 Å². The lowest BCUT2D eigenvalue weighted by Gasteiger charge is -2.36. The highest BCUT2D eigenvalue weighted by atomic mass is 19.1. The van der Waals surface area contributed by atoms with Gasteiger partial charge in [-0.1, -0.05) is 33.3 Å². The number of hydrogen-bond donors (Lipinski definition) is 3. The summed E-state index contributed by atoms with van der Waals surface area (Å²) in [6.07, 6.45) is 2.72. The average Bonchev–Trinajstić information content (AvgIpc) is 3.79. The first kappa shape index (κ1) is 28.8. The van der Waals surface area contributed by atoms with Crippen LogP contribution in [0.25, 0.3) is 6.08 Å². The van der Waals surface area contributed by atoms with Crippen molar-refractivity contribution in [2.45, 2.75) is 102 Å². The molecule has 8 nitrogen and oxygen atoms in total. The van der Waals surface area contributed by atoms with E-state index in [1.54, 1.807) is 38.2 Å². The van der Waals surface area contributed by atoms with Gasteiger partial charge in [-0.2, -0.15) is 0 Å². The fraction of sp³-hybridized carbons (Fsp3) is 0.690. The number of nitrogens with zero attached hydrogens (tertiary/aromatic N) is 1. The van der Waals surface area contributed by atoms with Gasteiger partial charge in [0.05, 0.1) is 60.2 Å². The van der Waals surface area contributed by atoms with Crippen LogP contribution in [0.4, 0.5) is 4.39 Å². The van der Waals surface area contributed by atoms with Crippen molar-refractivity contribution in [2.75, 3.05) is 6.61 Å². The van der Waals surface area contributed by atoms with Crippen LogP contribution in [0.15, 0.2) is 30.2 Å². The van der Waals surface area contributed by atoms with Gasteiger partial charge in [0.25, 0.3) is 0 Å². The quantitative estimate of drug-likeness (QED) is 0.508. The molecule has 8 atom stereocenters. The topological polar surface area (TPSA) is 125 Å². The Labute approximate surface area is 224 Å². The highest BCUT2D eigenvalue weighted by molar-refractivity contribution is 5.88. The van der Waals surface area contributed by atoms with Gasteiger partial charge in [-0.15, -0.1) is 0 Å². The normalized spacial score (nSPS) is 38.7. The number of ketones is 1. The van der Waals surface area contributed by atoms with Gasteiger partial charge in [-0.25, -0.2) is 4.39 Å². The van der Waals surface area contributed by atoms with Crippen molar-refractivity contribution in [1.82, 2.24) is 10.3 Å². The van der Waals surface area contributed by atoms with Crippen molar-refractivity contribution in [3.05, 3.63) is 35.9 Å². The second-order valence-electron chi connectivity index (χ2n) is 12.0. The van der Waals surface area contributed by atoms with E-state index in [2.05, 4.69) is 10.3 Å². The van der Waals surface area contributed by atoms with Gasteiger partial charge in [0.1, 0.15) is 11.6 Å². The van der Waals surface area contributed by atoms with Crippen LogP contribution in [-0.4, -0.2) is 69.6 Å². The standard InChI is InChI=1S/C29H41FN2O6/c1-17-8-7-10-29(4)24(38-29)14-22(21(30)12-18-9-5-6-11-31-18)32-25(34)15-23(33)28(2,3)27(36)20(26(17)35)13-19-16-37-19/h5-6,9,11-12,17,19-20,22-24,26,33,35H,7-8,10,13-16H2,1-4H3,(H,32,34). The van der Waals surface area contributed by atoms with Crippen molar-refractivity contribution in [3.8, 4) is 0 Å². The van der Waals surface area contributed by atoms with Crippen molar-refractivity contribution < 1.29 is 33.7 Å². The molecule has 1 amide bonds. The fourth-order valence-electron chi connectivity index (χ4n) is 5.52.